The van der Waals surface area contributed by atoms with Crippen LogP contribution in [0.2, 0.25) is 0 Å². The number of piperidine rings is 1. The third-order valence-electron chi connectivity index (χ3n) is 3.77. The van der Waals surface area contributed by atoms with E-state index in [0.717, 1.165) is 31.7 Å². The number of hydrogen-bond donors (Lipinski definition) is 2. The highest BCUT2D eigenvalue weighted by Crippen LogP contribution is 2.22. The van der Waals surface area contributed by atoms with E-state index in [2.05, 4.69) is 15.2 Å². The zero-order valence-corrected chi connectivity index (χ0v) is 12.4. The lowest BCUT2D eigenvalue weighted by Crippen LogP contribution is -2.38. The summed E-state index contributed by atoms with van der Waals surface area (Å²) in [5.74, 6) is 0.283. The predicted molar refractivity (Wildman–Crippen MR) is 79.6 cm³/mol. The van der Waals surface area contributed by atoms with Crippen molar-refractivity contribution >= 4 is 17.7 Å². The second-order valence-corrected chi connectivity index (χ2v) is 5.53. The fourth-order valence-corrected chi connectivity index (χ4v) is 2.59. The summed E-state index contributed by atoms with van der Waals surface area (Å²) in [7, 11) is 0. The minimum atomic E-state index is -0.928. The van der Waals surface area contributed by atoms with Crippen molar-refractivity contribution in [3.05, 3.63) is 23.4 Å². The van der Waals surface area contributed by atoms with Crippen molar-refractivity contribution in [3.63, 3.8) is 0 Å². The summed E-state index contributed by atoms with van der Waals surface area (Å²) in [6.45, 7) is 5.71. The number of carbonyl (C=O) groups excluding carboxylic acids is 1. The van der Waals surface area contributed by atoms with Crippen LogP contribution in [0.25, 0.3) is 0 Å². The van der Waals surface area contributed by atoms with Crippen molar-refractivity contribution in [3.8, 4) is 0 Å². The van der Waals surface area contributed by atoms with Gasteiger partial charge in [0.1, 0.15) is 5.82 Å². The van der Waals surface area contributed by atoms with E-state index in [1.807, 2.05) is 0 Å². The molecule has 2 rings (SSSR count). The van der Waals surface area contributed by atoms with Gasteiger partial charge in [-0.3, -0.25) is 4.79 Å². The molecule has 114 valence electrons. The van der Waals surface area contributed by atoms with Crippen LogP contribution in [0, 0.1) is 12.8 Å². The van der Waals surface area contributed by atoms with E-state index in [0.29, 0.717) is 18.2 Å². The van der Waals surface area contributed by atoms with E-state index in [9.17, 15) is 9.59 Å². The number of carboxylic acid groups (broad SMARTS) is 1. The van der Waals surface area contributed by atoms with Gasteiger partial charge in [-0.1, -0.05) is 0 Å². The largest absolute Gasteiger partial charge is 0.478 e. The molecule has 0 bridgehead atoms. The normalized spacial score (nSPS) is 15.8. The molecular formula is C15H21N3O3. The molecule has 0 aromatic carbocycles. The van der Waals surface area contributed by atoms with Gasteiger partial charge < -0.3 is 15.3 Å². The van der Waals surface area contributed by atoms with Gasteiger partial charge in [-0.2, -0.15) is 0 Å². The first-order valence-electron chi connectivity index (χ1n) is 7.17. The Labute approximate surface area is 124 Å². The van der Waals surface area contributed by atoms with Gasteiger partial charge in [-0.25, -0.2) is 9.78 Å². The number of nitrogens with one attached hydrogen (secondary N) is 1. The van der Waals surface area contributed by atoms with E-state index in [1.165, 1.54) is 6.92 Å². The summed E-state index contributed by atoms with van der Waals surface area (Å²) < 4.78 is 0. The summed E-state index contributed by atoms with van der Waals surface area (Å²) in [6.07, 6.45) is 1.94. The maximum atomic E-state index is 11.1. The van der Waals surface area contributed by atoms with Gasteiger partial charge in [-0.15, -0.1) is 0 Å². The molecule has 0 radical (unpaired) electrons. The molecule has 0 saturated carbocycles. The monoisotopic (exact) mass is 291 g/mol. The van der Waals surface area contributed by atoms with E-state index in [1.54, 1.807) is 19.1 Å². The fraction of sp³-hybridized carbons (Fsp3) is 0.533. The summed E-state index contributed by atoms with van der Waals surface area (Å²) >= 11 is 0. The standard InChI is InChI=1S/C15H21N3O3/c1-10-7-13(15(20)21)8-14(17-10)18-5-3-12(4-6-18)9-16-11(2)19/h7-8,12H,3-6,9H2,1-2H3,(H,16,19)(H,20,21). The molecule has 1 aliphatic rings. The third kappa shape index (κ3) is 4.18. The number of aryl methyl sites for hydroxylation is 1. The van der Waals surface area contributed by atoms with Crippen molar-refractivity contribution < 1.29 is 14.7 Å². The first-order chi connectivity index (χ1) is 9.95. The summed E-state index contributed by atoms with van der Waals surface area (Å²) in [6, 6.07) is 3.21. The molecule has 1 aromatic heterocycles. The van der Waals surface area contributed by atoms with Crippen molar-refractivity contribution in [2.24, 2.45) is 5.92 Å². The summed E-state index contributed by atoms with van der Waals surface area (Å²) in [5.41, 5.74) is 0.989. The van der Waals surface area contributed by atoms with Crippen LogP contribution in [0.15, 0.2) is 12.1 Å². The molecule has 0 atom stereocenters. The van der Waals surface area contributed by atoms with E-state index in [4.69, 9.17) is 5.11 Å². The topological polar surface area (TPSA) is 82.5 Å². The number of rotatable bonds is 4. The Morgan fingerprint density at radius 3 is 2.62 bits per heavy atom. The second kappa shape index (κ2) is 6.56. The Kier molecular flexibility index (Phi) is 4.77. The molecule has 0 spiro atoms. The molecule has 2 heterocycles. The van der Waals surface area contributed by atoms with Crippen LogP contribution >= 0.6 is 0 Å². The minimum Gasteiger partial charge on any atom is -0.478 e. The highest BCUT2D eigenvalue weighted by Gasteiger charge is 2.21. The Morgan fingerprint density at radius 2 is 2.05 bits per heavy atom. The number of aromatic carboxylic acids is 1. The van der Waals surface area contributed by atoms with Gasteiger partial charge in [0.25, 0.3) is 0 Å². The van der Waals surface area contributed by atoms with Crippen LogP contribution in [0.3, 0.4) is 0 Å². The number of hydrogen-bond acceptors (Lipinski definition) is 4. The minimum absolute atomic E-state index is 0.00359. The predicted octanol–water partition coefficient (Wildman–Crippen LogP) is 1.44. The Morgan fingerprint density at radius 1 is 1.38 bits per heavy atom. The lowest BCUT2D eigenvalue weighted by Gasteiger charge is -2.33. The van der Waals surface area contributed by atoms with E-state index >= 15 is 0 Å². The van der Waals surface area contributed by atoms with Gasteiger partial charge in [0, 0.05) is 32.3 Å². The number of carboxylic acids is 1. The molecule has 6 heteroatoms. The molecule has 2 N–H and O–H groups in total. The molecule has 0 aliphatic carbocycles. The smallest absolute Gasteiger partial charge is 0.335 e. The molecule has 1 amide bonds. The molecule has 1 aliphatic heterocycles. The quantitative estimate of drug-likeness (QED) is 0.877. The van der Waals surface area contributed by atoms with Crippen molar-refractivity contribution in [1.29, 1.82) is 0 Å². The highest BCUT2D eigenvalue weighted by atomic mass is 16.4. The number of aromatic nitrogens is 1. The van der Waals surface area contributed by atoms with Crippen LogP contribution in [0.4, 0.5) is 5.82 Å². The maximum Gasteiger partial charge on any atom is 0.335 e. The first-order valence-corrected chi connectivity index (χ1v) is 7.17. The zero-order chi connectivity index (χ0) is 15.4. The van der Waals surface area contributed by atoms with E-state index in [-0.39, 0.29) is 11.5 Å². The first kappa shape index (κ1) is 15.3. The van der Waals surface area contributed by atoms with Gasteiger partial charge in [0.15, 0.2) is 0 Å². The van der Waals surface area contributed by atoms with Crippen LogP contribution in [-0.2, 0) is 4.79 Å². The maximum absolute atomic E-state index is 11.1. The number of anilines is 1. The molecular weight excluding hydrogens is 270 g/mol. The third-order valence-corrected chi connectivity index (χ3v) is 3.77. The fourth-order valence-electron chi connectivity index (χ4n) is 2.59. The van der Waals surface area contributed by atoms with Crippen molar-refractivity contribution in [2.45, 2.75) is 26.7 Å². The van der Waals surface area contributed by atoms with Crippen LogP contribution < -0.4 is 10.2 Å². The SMILES string of the molecule is CC(=O)NCC1CCN(c2cc(C(=O)O)cc(C)n2)CC1. The molecule has 21 heavy (non-hydrogen) atoms. The number of pyridine rings is 1. The Balaban J connectivity index is 1.99. The number of carbonyl (C=O) groups is 2. The molecule has 1 saturated heterocycles. The Hall–Kier alpha value is -2.11. The van der Waals surface area contributed by atoms with Gasteiger partial charge in [0.2, 0.25) is 5.91 Å². The summed E-state index contributed by atoms with van der Waals surface area (Å²) in [5, 5.41) is 12.0. The zero-order valence-electron chi connectivity index (χ0n) is 12.4. The number of amides is 1. The van der Waals surface area contributed by atoms with Gasteiger partial charge in [-0.05, 0) is 37.8 Å². The number of nitrogens with zero attached hydrogens (tertiary/aromatic N) is 2. The average Bonchev–Trinajstić information content (AvgIpc) is 2.45. The highest BCUT2D eigenvalue weighted by molar-refractivity contribution is 5.88. The van der Waals surface area contributed by atoms with Crippen LogP contribution in [-0.4, -0.2) is 41.6 Å². The van der Waals surface area contributed by atoms with Crippen molar-refractivity contribution in [2.75, 3.05) is 24.5 Å². The van der Waals surface area contributed by atoms with Gasteiger partial charge in [0.05, 0.1) is 5.56 Å². The molecule has 1 aromatic rings. The average molecular weight is 291 g/mol. The van der Waals surface area contributed by atoms with Crippen LogP contribution in [0.5, 0.6) is 0 Å². The lowest BCUT2D eigenvalue weighted by atomic mass is 9.96. The summed E-state index contributed by atoms with van der Waals surface area (Å²) in [4.78, 5) is 28.6. The van der Waals surface area contributed by atoms with Gasteiger partial charge >= 0.3 is 5.97 Å². The molecule has 6 nitrogen and oxygen atoms in total. The Bertz CT molecular complexity index is 537. The second-order valence-electron chi connectivity index (χ2n) is 5.53. The molecule has 0 unspecified atom stereocenters. The van der Waals surface area contributed by atoms with E-state index < -0.39 is 5.97 Å². The lowest BCUT2D eigenvalue weighted by molar-refractivity contribution is -0.119. The van der Waals surface area contributed by atoms with Crippen LogP contribution in [0.1, 0.15) is 35.8 Å². The molecule has 1 fully saturated rings. The van der Waals surface area contributed by atoms with Crippen molar-refractivity contribution in [1.82, 2.24) is 10.3 Å².